The van der Waals surface area contributed by atoms with Gasteiger partial charge in [-0.1, -0.05) is 50.2 Å². The average Bonchev–Trinajstić information content (AvgIpc) is 3.26. The maximum absolute atomic E-state index is 15.4. The van der Waals surface area contributed by atoms with E-state index in [-0.39, 0.29) is 0 Å². The van der Waals surface area contributed by atoms with Gasteiger partial charge < -0.3 is 0 Å². The number of nitrogens with zero attached hydrogens (tertiary/aromatic N) is 1. The molecule has 0 bridgehead atoms. The number of aromatic nitrogens is 1. The van der Waals surface area contributed by atoms with Gasteiger partial charge in [-0.15, -0.1) is 21.9 Å². The molecule has 0 saturated heterocycles. The molecule has 62 heavy (non-hydrogen) atoms. The molecule has 5 aromatic carbocycles. The van der Waals surface area contributed by atoms with Crippen LogP contribution in [0.2, 0.25) is 0 Å². The van der Waals surface area contributed by atoms with E-state index in [1.165, 1.54) is 17.7 Å². The first-order valence-corrected chi connectivity index (χ1v) is 17.3. The minimum Gasteiger partial charge on any atom is -0.207 e. The summed E-state index contributed by atoms with van der Waals surface area (Å²) in [6, 6.07) is 17.1. The Morgan fingerprint density at radius 2 is 0.629 bits per heavy atom. The van der Waals surface area contributed by atoms with Crippen molar-refractivity contribution in [3.05, 3.63) is 182 Å². The first kappa shape index (κ1) is 47.0. The number of hydrogen-bond donors (Lipinski definition) is 0. The second-order valence-corrected chi connectivity index (χ2v) is 13.3. The summed E-state index contributed by atoms with van der Waals surface area (Å²) in [5.41, 5.74) is -11.6. The summed E-state index contributed by atoms with van der Waals surface area (Å²) >= 11 is 0. The maximum Gasteiger partial charge on any atom is 0.200 e. The molecule has 6 aromatic rings. The Morgan fingerprint density at radius 1 is 0.371 bits per heavy atom. The van der Waals surface area contributed by atoms with E-state index in [1.54, 1.807) is 0 Å². The third kappa shape index (κ3) is 7.39. The van der Waals surface area contributed by atoms with E-state index in [4.69, 9.17) is 0 Å². The van der Waals surface area contributed by atoms with Gasteiger partial charge in [0.25, 0.3) is 0 Å². The van der Waals surface area contributed by atoms with Crippen molar-refractivity contribution in [3.8, 4) is 0 Å². The summed E-state index contributed by atoms with van der Waals surface area (Å²) in [5, 5.41) is 0. The SMILES string of the molecule is CCC(C)c1cccc[n+]1Cc1ccccc1.Fc1c(F)c(F)c([B-](c2c(F)c(F)c(F)c(F)c2F)(c2c(F)c(F)c(F)c(F)c2F)c2c(F)c(F)c(F)c(F)c2F)c(F)c1F. The van der Waals surface area contributed by atoms with Gasteiger partial charge in [0.15, 0.2) is 88.2 Å². The molecule has 1 aromatic heterocycles. The topological polar surface area (TPSA) is 3.88 Å². The minimum atomic E-state index is -7.22. The summed E-state index contributed by atoms with van der Waals surface area (Å²) in [4.78, 5) is 0. The molecule has 1 heterocycles. The van der Waals surface area contributed by atoms with Crippen LogP contribution in [0.3, 0.4) is 0 Å². The second-order valence-electron chi connectivity index (χ2n) is 13.3. The van der Waals surface area contributed by atoms with E-state index in [0.717, 1.165) is 6.54 Å². The van der Waals surface area contributed by atoms with Crippen LogP contribution in [0, 0.1) is 116 Å². The van der Waals surface area contributed by atoms with Crippen LogP contribution in [0.15, 0.2) is 54.7 Å². The fourth-order valence-corrected chi connectivity index (χ4v) is 6.94. The molecule has 0 aliphatic carbocycles. The highest BCUT2D eigenvalue weighted by molar-refractivity contribution is 7.20. The van der Waals surface area contributed by atoms with Crippen LogP contribution in [0.1, 0.15) is 37.4 Å². The summed E-state index contributed by atoms with van der Waals surface area (Å²) < 4.78 is 296. The van der Waals surface area contributed by atoms with Crippen molar-refractivity contribution in [1.82, 2.24) is 0 Å². The molecule has 0 saturated carbocycles. The normalized spacial score (nSPS) is 12.1. The van der Waals surface area contributed by atoms with E-state index in [2.05, 4.69) is 73.1 Å². The number of halogens is 20. The molecule has 1 nitrogen and oxygen atoms in total. The van der Waals surface area contributed by atoms with Gasteiger partial charge in [-0.2, -0.15) is 4.57 Å². The predicted octanol–water partition coefficient (Wildman–Crippen LogP) is 9.38. The van der Waals surface area contributed by atoms with Gasteiger partial charge in [0.2, 0.25) is 0 Å². The Kier molecular flexibility index (Phi) is 13.4. The van der Waals surface area contributed by atoms with Crippen molar-refractivity contribution in [3.63, 3.8) is 0 Å². The maximum atomic E-state index is 15.4. The molecule has 328 valence electrons. The van der Waals surface area contributed by atoms with Gasteiger partial charge in [-0.25, -0.2) is 87.8 Å². The van der Waals surface area contributed by atoms with Gasteiger partial charge in [-0.3, -0.25) is 0 Å². The largest absolute Gasteiger partial charge is 0.207 e. The molecule has 1 unspecified atom stereocenters. The van der Waals surface area contributed by atoms with Crippen LogP contribution in [0.25, 0.3) is 0 Å². The number of rotatable bonds is 8. The first-order valence-electron chi connectivity index (χ1n) is 17.3. The lowest BCUT2D eigenvalue weighted by Gasteiger charge is -2.44. The lowest BCUT2D eigenvalue weighted by atomic mass is 9.12. The Bertz CT molecular complexity index is 2340. The van der Waals surface area contributed by atoms with Crippen LogP contribution in [0.5, 0.6) is 0 Å². The highest BCUT2D eigenvalue weighted by atomic mass is 19.2. The third-order valence-corrected chi connectivity index (χ3v) is 10.00. The van der Waals surface area contributed by atoms with Crippen LogP contribution in [0.4, 0.5) is 87.8 Å². The molecule has 0 spiro atoms. The summed E-state index contributed by atoms with van der Waals surface area (Å²) in [6.45, 7) is 5.49. The highest BCUT2D eigenvalue weighted by Gasteiger charge is 2.52. The third-order valence-electron chi connectivity index (χ3n) is 10.00. The van der Waals surface area contributed by atoms with E-state index in [0.29, 0.717) is 5.92 Å². The number of hydrogen-bond acceptors (Lipinski definition) is 0. The number of benzene rings is 5. The van der Waals surface area contributed by atoms with Crippen molar-refractivity contribution < 1.29 is 92.4 Å². The second kappa shape index (κ2) is 17.7. The van der Waals surface area contributed by atoms with Crippen LogP contribution >= 0.6 is 0 Å². The molecule has 0 aliphatic heterocycles. The predicted molar refractivity (Wildman–Crippen MR) is 180 cm³/mol. The lowest BCUT2D eigenvalue weighted by molar-refractivity contribution is -0.697. The molecular weight excluding hydrogens is 885 g/mol. The van der Waals surface area contributed by atoms with E-state index in [9.17, 15) is 52.7 Å². The quantitative estimate of drug-likeness (QED) is 0.0472. The Labute approximate surface area is 335 Å². The van der Waals surface area contributed by atoms with Crippen LogP contribution < -0.4 is 26.4 Å². The standard InChI is InChI=1S/C24BF20.C16H20N/c26-5-1(6(27)14(35)21(42)13(5)34)25(2-7(28)15(36)22(43)16(37)8(2)29,3-9(30)17(38)23(44)18(39)10(3)31)4-11(32)19(40)24(45)20(41)12(4)33;1-3-14(2)16-11-7-8-12-17(16)13-15-9-5-4-6-10-15/h;4-12,14H,3,13H2,1-2H3/q-1;+1. The van der Waals surface area contributed by atoms with Crippen LogP contribution in [-0.4, -0.2) is 6.15 Å². The molecule has 0 N–H and O–H groups in total. The summed E-state index contributed by atoms with van der Waals surface area (Å²) in [6.07, 6.45) is -3.86. The molecule has 22 heteroatoms. The van der Waals surface area contributed by atoms with Gasteiger partial charge in [0.05, 0.1) is 0 Å². The van der Waals surface area contributed by atoms with Crippen molar-refractivity contribution in [2.24, 2.45) is 0 Å². The van der Waals surface area contributed by atoms with Crippen molar-refractivity contribution in [2.75, 3.05) is 0 Å². The fraction of sp³-hybridized carbons (Fsp3) is 0.125. The summed E-state index contributed by atoms with van der Waals surface area (Å²) in [5.74, 6) is -70.8. The fourth-order valence-electron chi connectivity index (χ4n) is 6.94. The van der Waals surface area contributed by atoms with Crippen molar-refractivity contribution >= 4 is 28.0 Å². The number of pyridine rings is 1. The molecule has 6 rings (SSSR count). The summed E-state index contributed by atoms with van der Waals surface area (Å²) in [7, 11) is 0. The van der Waals surface area contributed by atoms with E-state index < -0.39 is 144 Å². The zero-order valence-electron chi connectivity index (χ0n) is 30.8. The smallest absolute Gasteiger partial charge is 0.200 e. The van der Waals surface area contributed by atoms with Gasteiger partial charge in [0, 0.05) is 23.6 Å². The molecule has 0 amide bonds. The van der Waals surface area contributed by atoms with Gasteiger partial charge in [0.1, 0.15) is 52.7 Å². The molecule has 0 fully saturated rings. The van der Waals surface area contributed by atoms with Crippen molar-refractivity contribution in [2.45, 2.75) is 32.7 Å². The zero-order chi connectivity index (χ0) is 46.4. The molecule has 0 radical (unpaired) electrons. The molecule has 1 atom stereocenters. The lowest BCUT2D eigenvalue weighted by Crippen LogP contribution is -2.81. The zero-order valence-corrected chi connectivity index (χ0v) is 30.8. The average molecular weight is 905 g/mol. The highest BCUT2D eigenvalue weighted by Crippen LogP contribution is 2.31. The van der Waals surface area contributed by atoms with Crippen molar-refractivity contribution in [1.29, 1.82) is 0 Å². The van der Waals surface area contributed by atoms with Gasteiger partial charge in [-0.05, 0) is 6.42 Å². The van der Waals surface area contributed by atoms with Gasteiger partial charge >= 0.3 is 0 Å². The monoisotopic (exact) mass is 905 g/mol. The Balaban J connectivity index is 0.000000355. The minimum absolute atomic E-state index is 0.611. The molecule has 0 aliphatic rings. The van der Waals surface area contributed by atoms with E-state index >= 15 is 35.1 Å². The Hall–Kier alpha value is -6.09. The Morgan fingerprint density at radius 3 is 0.903 bits per heavy atom. The first-order chi connectivity index (χ1) is 29.0. The van der Waals surface area contributed by atoms with E-state index in [1.807, 2.05) is 0 Å². The molecular formula is C40H20BF20N. The van der Waals surface area contributed by atoms with Crippen LogP contribution in [-0.2, 0) is 6.54 Å².